The Morgan fingerprint density at radius 3 is 3.15 bits per heavy atom. The first kappa shape index (κ1) is 14.9. The summed E-state index contributed by atoms with van der Waals surface area (Å²) in [5.74, 6) is 0.781. The number of aryl methyl sites for hydroxylation is 1. The quantitative estimate of drug-likeness (QED) is 0.896. The Kier molecular flexibility index (Phi) is 5.09. The van der Waals surface area contributed by atoms with Gasteiger partial charge in [-0.2, -0.15) is 0 Å². The second kappa shape index (κ2) is 6.81. The Morgan fingerprint density at radius 2 is 2.40 bits per heavy atom. The Balaban J connectivity index is 1.80. The van der Waals surface area contributed by atoms with Crippen molar-refractivity contribution in [3.8, 4) is 5.75 Å². The summed E-state index contributed by atoms with van der Waals surface area (Å²) in [6.45, 7) is 4.24. The molecule has 1 amide bonds. The molecule has 1 fully saturated rings. The van der Waals surface area contributed by atoms with E-state index < -0.39 is 6.09 Å². The standard InChI is InChI=1S/C14H19ClN2O3/c1-10-2-3-11(15)8-13(10)20-7-4-12-9-17(14(18)19)6-5-16-12/h2-3,8,12,16H,4-7,9H2,1H3,(H,18,19). The molecule has 0 radical (unpaired) electrons. The van der Waals surface area contributed by atoms with E-state index in [-0.39, 0.29) is 6.04 Å². The fourth-order valence-corrected chi connectivity index (χ4v) is 2.40. The molecule has 110 valence electrons. The Morgan fingerprint density at radius 1 is 1.60 bits per heavy atom. The lowest BCUT2D eigenvalue weighted by Crippen LogP contribution is -2.52. The van der Waals surface area contributed by atoms with Crippen LogP contribution in [0.3, 0.4) is 0 Å². The van der Waals surface area contributed by atoms with E-state index in [9.17, 15) is 4.79 Å². The molecular weight excluding hydrogens is 280 g/mol. The van der Waals surface area contributed by atoms with Gasteiger partial charge in [-0.1, -0.05) is 17.7 Å². The number of nitrogens with zero attached hydrogens (tertiary/aromatic N) is 1. The summed E-state index contributed by atoms with van der Waals surface area (Å²) in [7, 11) is 0. The van der Waals surface area contributed by atoms with Crippen LogP contribution in [0.1, 0.15) is 12.0 Å². The minimum Gasteiger partial charge on any atom is -0.493 e. The molecule has 0 aliphatic carbocycles. The third-order valence-electron chi connectivity index (χ3n) is 3.40. The van der Waals surface area contributed by atoms with Crippen LogP contribution in [0.15, 0.2) is 18.2 Å². The number of halogens is 1. The smallest absolute Gasteiger partial charge is 0.407 e. The van der Waals surface area contributed by atoms with Gasteiger partial charge in [-0.3, -0.25) is 0 Å². The van der Waals surface area contributed by atoms with Gasteiger partial charge in [0.1, 0.15) is 5.75 Å². The molecule has 1 saturated heterocycles. The predicted octanol–water partition coefficient (Wildman–Crippen LogP) is 2.37. The van der Waals surface area contributed by atoms with Crippen molar-refractivity contribution in [3.63, 3.8) is 0 Å². The fourth-order valence-electron chi connectivity index (χ4n) is 2.23. The van der Waals surface area contributed by atoms with Crippen LogP contribution >= 0.6 is 11.6 Å². The molecule has 0 saturated carbocycles. The topological polar surface area (TPSA) is 61.8 Å². The molecular formula is C14H19ClN2O3. The third kappa shape index (κ3) is 4.02. The molecule has 1 aromatic carbocycles. The molecule has 2 N–H and O–H groups in total. The first-order chi connectivity index (χ1) is 9.56. The summed E-state index contributed by atoms with van der Waals surface area (Å²) in [6, 6.07) is 5.69. The minimum atomic E-state index is -0.858. The van der Waals surface area contributed by atoms with Crippen LogP contribution in [0.4, 0.5) is 4.79 Å². The number of carbonyl (C=O) groups is 1. The SMILES string of the molecule is Cc1ccc(Cl)cc1OCCC1CN(C(=O)O)CCN1. The van der Waals surface area contributed by atoms with Gasteiger partial charge in [-0.15, -0.1) is 0 Å². The zero-order chi connectivity index (χ0) is 14.5. The van der Waals surface area contributed by atoms with Crippen molar-refractivity contribution in [2.75, 3.05) is 26.2 Å². The van der Waals surface area contributed by atoms with E-state index in [1.54, 1.807) is 6.07 Å². The highest BCUT2D eigenvalue weighted by molar-refractivity contribution is 6.30. The van der Waals surface area contributed by atoms with Gasteiger partial charge in [0.25, 0.3) is 0 Å². The summed E-state index contributed by atoms with van der Waals surface area (Å²) in [6.07, 6.45) is -0.0986. The lowest BCUT2D eigenvalue weighted by atomic mass is 10.1. The minimum absolute atomic E-state index is 0.138. The van der Waals surface area contributed by atoms with Gasteiger partial charge in [0.15, 0.2) is 0 Å². The highest BCUT2D eigenvalue weighted by Crippen LogP contribution is 2.22. The molecule has 20 heavy (non-hydrogen) atoms. The normalized spacial score (nSPS) is 18.9. The van der Waals surface area contributed by atoms with Crippen molar-refractivity contribution in [1.82, 2.24) is 10.2 Å². The van der Waals surface area contributed by atoms with Gasteiger partial charge in [-0.25, -0.2) is 4.79 Å². The highest BCUT2D eigenvalue weighted by atomic mass is 35.5. The average molecular weight is 299 g/mol. The maximum absolute atomic E-state index is 10.9. The fraction of sp³-hybridized carbons (Fsp3) is 0.500. The molecule has 1 aliphatic heterocycles. The summed E-state index contributed by atoms with van der Waals surface area (Å²) in [4.78, 5) is 12.4. The van der Waals surface area contributed by atoms with E-state index in [1.165, 1.54) is 4.90 Å². The van der Waals surface area contributed by atoms with Crippen LogP contribution in [0.25, 0.3) is 0 Å². The molecule has 5 nitrogen and oxygen atoms in total. The number of amides is 1. The van der Waals surface area contributed by atoms with E-state index >= 15 is 0 Å². The number of carboxylic acid groups (broad SMARTS) is 1. The van der Waals surface area contributed by atoms with E-state index in [0.717, 1.165) is 17.7 Å². The molecule has 1 heterocycles. The van der Waals surface area contributed by atoms with Gasteiger partial charge in [-0.05, 0) is 31.0 Å². The number of ether oxygens (including phenoxy) is 1. The Labute approximate surface area is 123 Å². The third-order valence-corrected chi connectivity index (χ3v) is 3.64. The van der Waals surface area contributed by atoms with Gasteiger partial charge < -0.3 is 20.1 Å². The van der Waals surface area contributed by atoms with E-state index in [0.29, 0.717) is 31.3 Å². The van der Waals surface area contributed by atoms with Crippen LogP contribution < -0.4 is 10.1 Å². The zero-order valence-corrected chi connectivity index (χ0v) is 12.2. The summed E-state index contributed by atoms with van der Waals surface area (Å²) in [5, 5.41) is 12.9. The second-order valence-corrected chi connectivity index (χ2v) is 5.36. The van der Waals surface area contributed by atoms with Crippen molar-refractivity contribution in [2.45, 2.75) is 19.4 Å². The molecule has 0 aromatic heterocycles. The molecule has 2 rings (SSSR count). The van der Waals surface area contributed by atoms with E-state index in [2.05, 4.69) is 5.32 Å². The first-order valence-electron chi connectivity index (χ1n) is 6.66. The number of piperazine rings is 1. The second-order valence-electron chi connectivity index (χ2n) is 4.93. The highest BCUT2D eigenvalue weighted by Gasteiger charge is 2.22. The molecule has 1 atom stereocenters. The summed E-state index contributed by atoms with van der Waals surface area (Å²) < 4.78 is 5.73. The maximum atomic E-state index is 10.9. The predicted molar refractivity (Wildman–Crippen MR) is 77.7 cm³/mol. The molecule has 1 unspecified atom stereocenters. The molecule has 1 aromatic rings. The molecule has 1 aliphatic rings. The van der Waals surface area contributed by atoms with Crippen molar-refractivity contribution in [2.24, 2.45) is 0 Å². The van der Waals surface area contributed by atoms with Crippen LogP contribution in [-0.4, -0.2) is 48.4 Å². The van der Waals surface area contributed by atoms with Crippen LogP contribution in [0.2, 0.25) is 5.02 Å². The van der Waals surface area contributed by atoms with E-state index in [1.807, 2.05) is 19.1 Å². The van der Waals surface area contributed by atoms with Gasteiger partial charge in [0, 0.05) is 30.7 Å². The van der Waals surface area contributed by atoms with Gasteiger partial charge in [0.05, 0.1) is 6.61 Å². The number of rotatable bonds is 4. The lowest BCUT2D eigenvalue weighted by molar-refractivity contribution is 0.124. The van der Waals surface area contributed by atoms with Crippen LogP contribution in [0, 0.1) is 6.92 Å². The Hall–Kier alpha value is -1.46. The summed E-state index contributed by atoms with van der Waals surface area (Å²) in [5.41, 5.74) is 1.04. The largest absolute Gasteiger partial charge is 0.493 e. The van der Waals surface area contributed by atoms with E-state index in [4.69, 9.17) is 21.4 Å². The van der Waals surface area contributed by atoms with Crippen molar-refractivity contribution in [3.05, 3.63) is 28.8 Å². The average Bonchev–Trinajstić information content (AvgIpc) is 2.43. The van der Waals surface area contributed by atoms with Gasteiger partial charge >= 0.3 is 6.09 Å². The number of hydrogen-bond donors (Lipinski definition) is 2. The molecule has 6 heteroatoms. The Bertz CT molecular complexity index is 481. The number of benzene rings is 1. The first-order valence-corrected chi connectivity index (χ1v) is 7.04. The van der Waals surface area contributed by atoms with Gasteiger partial charge in [0.2, 0.25) is 0 Å². The lowest BCUT2D eigenvalue weighted by Gasteiger charge is -2.31. The molecule has 0 spiro atoms. The maximum Gasteiger partial charge on any atom is 0.407 e. The van der Waals surface area contributed by atoms with Crippen LogP contribution in [0.5, 0.6) is 5.75 Å². The summed E-state index contributed by atoms with van der Waals surface area (Å²) >= 11 is 5.93. The van der Waals surface area contributed by atoms with Crippen molar-refractivity contribution < 1.29 is 14.6 Å². The molecule has 0 bridgehead atoms. The van der Waals surface area contributed by atoms with Crippen molar-refractivity contribution >= 4 is 17.7 Å². The van der Waals surface area contributed by atoms with Crippen molar-refractivity contribution in [1.29, 1.82) is 0 Å². The number of hydrogen-bond acceptors (Lipinski definition) is 3. The zero-order valence-electron chi connectivity index (χ0n) is 11.4. The monoisotopic (exact) mass is 298 g/mol. The number of nitrogens with one attached hydrogen (secondary N) is 1. The van der Waals surface area contributed by atoms with Crippen LogP contribution in [-0.2, 0) is 0 Å².